The van der Waals surface area contributed by atoms with Crippen molar-refractivity contribution in [2.75, 3.05) is 33.3 Å². The fourth-order valence-electron chi connectivity index (χ4n) is 3.12. The molecule has 0 aliphatic carbocycles. The molecule has 1 aliphatic heterocycles. The zero-order valence-electron chi connectivity index (χ0n) is 16.1. The molecule has 0 unspecified atom stereocenters. The minimum Gasteiger partial charge on any atom is -0.491 e. The van der Waals surface area contributed by atoms with E-state index in [1.54, 1.807) is 13.1 Å². The quantitative estimate of drug-likeness (QED) is 0.359. The lowest BCUT2D eigenvalue weighted by molar-refractivity contribution is 0.206. The van der Waals surface area contributed by atoms with Crippen LogP contribution in [0.15, 0.2) is 23.2 Å². The van der Waals surface area contributed by atoms with Crippen LogP contribution in [-0.4, -0.2) is 50.2 Å². The summed E-state index contributed by atoms with van der Waals surface area (Å²) < 4.78 is 19.1. The molecule has 26 heavy (non-hydrogen) atoms. The Bertz CT molecular complexity index is 562. The number of hydrogen-bond acceptors (Lipinski definition) is 3. The number of likely N-dealkylation sites (tertiary alicyclic amines) is 1. The molecule has 1 aliphatic rings. The van der Waals surface area contributed by atoms with Crippen LogP contribution in [0.5, 0.6) is 5.75 Å². The Hall–Kier alpha value is -1.09. The number of hydrogen-bond donors (Lipinski definition) is 2. The number of halogens is 2. The smallest absolute Gasteiger partial charge is 0.191 e. The largest absolute Gasteiger partial charge is 0.491 e. The third-order valence-electron chi connectivity index (χ3n) is 4.45. The van der Waals surface area contributed by atoms with Gasteiger partial charge in [0.2, 0.25) is 0 Å². The van der Waals surface area contributed by atoms with Gasteiger partial charge in [-0.15, -0.1) is 24.0 Å². The summed E-state index contributed by atoms with van der Waals surface area (Å²) in [5.74, 6) is 0.739. The van der Waals surface area contributed by atoms with Crippen LogP contribution in [0.4, 0.5) is 4.39 Å². The zero-order valence-corrected chi connectivity index (χ0v) is 18.4. The van der Waals surface area contributed by atoms with Gasteiger partial charge in [-0.05, 0) is 50.4 Å². The topological polar surface area (TPSA) is 48.9 Å². The Morgan fingerprint density at radius 3 is 2.62 bits per heavy atom. The second kappa shape index (κ2) is 12.3. The maximum absolute atomic E-state index is 13.9. The number of guanidine groups is 1. The van der Waals surface area contributed by atoms with Crippen molar-refractivity contribution in [3.63, 3.8) is 0 Å². The van der Waals surface area contributed by atoms with E-state index in [9.17, 15) is 4.39 Å². The molecule has 2 rings (SSSR count). The van der Waals surface area contributed by atoms with Crippen molar-refractivity contribution >= 4 is 29.9 Å². The van der Waals surface area contributed by atoms with Gasteiger partial charge in [-0.2, -0.15) is 0 Å². The predicted octanol–water partition coefficient (Wildman–Crippen LogP) is 3.38. The van der Waals surface area contributed by atoms with Gasteiger partial charge < -0.3 is 20.3 Å². The molecule has 1 fully saturated rings. The van der Waals surface area contributed by atoms with Gasteiger partial charge in [-0.3, -0.25) is 4.99 Å². The van der Waals surface area contributed by atoms with Crippen LogP contribution in [0, 0.1) is 5.82 Å². The highest BCUT2D eigenvalue weighted by atomic mass is 127. The van der Waals surface area contributed by atoms with Gasteiger partial charge in [0.1, 0.15) is 0 Å². The molecule has 0 amide bonds. The van der Waals surface area contributed by atoms with Crippen LogP contribution >= 0.6 is 24.0 Å². The van der Waals surface area contributed by atoms with Gasteiger partial charge in [0.25, 0.3) is 0 Å². The molecule has 0 atom stereocenters. The van der Waals surface area contributed by atoms with E-state index >= 15 is 0 Å². The number of nitrogens with zero attached hydrogens (tertiary/aromatic N) is 2. The van der Waals surface area contributed by atoms with Crippen molar-refractivity contribution in [1.29, 1.82) is 0 Å². The molecule has 1 saturated heterocycles. The summed E-state index contributed by atoms with van der Waals surface area (Å²) in [5, 5.41) is 6.74. The summed E-state index contributed by atoms with van der Waals surface area (Å²) in [5.41, 5.74) is 0.863. The van der Waals surface area contributed by atoms with Crippen LogP contribution in [0.2, 0.25) is 0 Å². The van der Waals surface area contributed by atoms with Gasteiger partial charge in [0.15, 0.2) is 17.5 Å². The number of nitrogens with one attached hydrogen (secondary N) is 2. The normalized spacial score (nSPS) is 16.1. The second-order valence-electron chi connectivity index (χ2n) is 6.38. The van der Waals surface area contributed by atoms with Crippen molar-refractivity contribution < 1.29 is 9.13 Å². The van der Waals surface area contributed by atoms with E-state index in [-0.39, 0.29) is 29.8 Å². The van der Waals surface area contributed by atoms with Crippen LogP contribution in [-0.2, 0) is 6.54 Å². The average Bonchev–Trinajstić information content (AvgIpc) is 2.62. The monoisotopic (exact) mass is 478 g/mol. The van der Waals surface area contributed by atoms with E-state index < -0.39 is 0 Å². The first kappa shape index (κ1) is 23.0. The van der Waals surface area contributed by atoms with Crippen LogP contribution in [0.25, 0.3) is 0 Å². The molecule has 5 nitrogen and oxygen atoms in total. The maximum atomic E-state index is 13.9. The molecule has 7 heteroatoms. The minimum absolute atomic E-state index is 0. The maximum Gasteiger partial charge on any atom is 0.191 e. The average molecular weight is 478 g/mol. The highest BCUT2D eigenvalue weighted by Crippen LogP contribution is 2.18. The molecular formula is C19H32FIN4O. The van der Waals surface area contributed by atoms with Crippen molar-refractivity contribution in [2.24, 2.45) is 4.99 Å². The second-order valence-corrected chi connectivity index (χ2v) is 6.38. The lowest BCUT2D eigenvalue weighted by Gasteiger charge is -2.32. The van der Waals surface area contributed by atoms with Gasteiger partial charge in [0, 0.05) is 32.7 Å². The van der Waals surface area contributed by atoms with Gasteiger partial charge >= 0.3 is 0 Å². The molecule has 148 valence electrons. The first-order valence-corrected chi connectivity index (χ1v) is 9.27. The molecule has 2 N–H and O–H groups in total. The third-order valence-corrected chi connectivity index (χ3v) is 4.45. The number of aliphatic imine (C=N–C) groups is 1. The SMILES string of the molecule is CCCN1CCC(NC(=NC)NCc2ccc(OCC)c(F)c2)CC1.I. The lowest BCUT2D eigenvalue weighted by Crippen LogP contribution is -2.48. The Morgan fingerprint density at radius 1 is 1.31 bits per heavy atom. The molecule has 1 aromatic rings. The number of benzene rings is 1. The molecule has 0 spiro atoms. The Kier molecular flexibility index (Phi) is 10.9. The number of rotatable bonds is 7. The van der Waals surface area contributed by atoms with Crippen LogP contribution in [0.1, 0.15) is 38.7 Å². The summed E-state index contributed by atoms with van der Waals surface area (Å²) in [6.07, 6.45) is 3.46. The number of piperidine rings is 1. The summed E-state index contributed by atoms with van der Waals surface area (Å²) in [6.45, 7) is 8.50. The van der Waals surface area contributed by atoms with Crippen molar-refractivity contribution in [2.45, 2.75) is 45.7 Å². The van der Waals surface area contributed by atoms with Gasteiger partial charge in [-0.25, -0.2) is 4.39 Å². The molecule has 1 aromatic carbocycles. The van der Waals surface area contributed by atoms with Gasteiger partial charge in [0.05, 0.1) is 6.61 Å². The van der Waals surface area contributed by atoms with Crippen molar-refractivity contribution in [1.82, 2.24) is 15.5 Å². The van der Waals surface area contributed by atoms with E-state index in [2.05, 4.69) is 27.4 Å². The minimum atomic E-state index is -0.326. The summed E-state index contributed by atoms with van der Waals surface area (Å²) in [7, 11) is 1.76. The highest BCUT2D eigenvalue weighted by molar-refractivity contribution is 14.0. The van der Waals surface area contributed by atoms with E-state index in [1.807, 2.05) is 13.0 Å². The highest BCUT2D eigenvalue weighted by Gasteiger charge is 2.19. The lowest BCUT2D eigenvalue weighted by atomic mass is 10.1. The zero-order chi connectivity index (χ0) is 18.1. The standard InChI is InChI=1S/C19H31FN4O.HI/c1-4-10-24-11-8-16(9-12-24)23-19(21-3)22-14-15-6-7-18(25-5-2)17(20)13-15;/h6-7,13,16H,4-5,8-12,14H2,1-3H3,(H2,21,22,23);1H. The third kappa shape index (κ3) is 7.26. The van der Waals surface area contributed by atoms with E-state index in [1.165, 1.54) is 19.0 Å². The first-order chi connectivity index (χ1) is 12.2. The molecule has 0 saturated carbocycles. The molecular weight excluding hydrogens is 446 g/mol. The molecule has 1 heterocycles. The van der Waals surface area contributed by atoms with Crippen molar-refractivity contribution in [3.05, 3.63) is 29.6 Å². The molecule has 0 radical (unpaired) electrons. The predicted molar refractivity (Wildman–Crippen MR) is 116 cm³/mol. The Labute approximate surface area is 173 Å². The fraction of sp³-hybridized carbons (Fsp3) is 0.632. The fourth-order valence-corrected chi connectivity index (χ4v) is 3.12. The Balaban J connectivity index is 0.00000338. The summed E-state index contributed by atoms with van der Waals surface area (Å²) in [6, 6.07) is 5.50. The molecule has 0 aromatic heterocycles. The van der Waals surface area contributed by atoms with Crippen LogP contribution < -0.4 is 15.4 Å². The van der Waals surface area contributed by atoms with E-state index in [0.29, 0.717) is 24.9 Å². The molecule has 0 bridgehead atoms. The first-order valence-electron chi connectivity index (χ1n) is 9.27. The Morgan fingerprint density at radius 2 is 2.04 bits per heavy atom. The van der Waals surface area contributed by atoms with Gasteiger partial charge in [-0.1, -0.05) is 13.0 Å². The number of ether oxygens (including phenoxy) is 1. The van der Waals surface area contributed by atoms with Crippen molar-refractivity contribution in [3.8, 4) is 5.75 Å². The summed E-state index contributed by atoms with van der Waals surface area (Å²) >= 11 is 0. The van der Waals surface area contributed by atoms with Crippen LogP contribution in [0.3, 0.4) is 0 Å². The summed E-state index contributed by atoms with van der Waals surface area (Å²) in [4.78, 5) is 6.80. The van der Waals surface area contributed by atoms with E-state index in [4.69, 9.17) is 4.74 Å². The van der Waals surface area contributed by atoms with E-state index in [0.717, 1.165) is 37.5 Å².